The average molecular weight is 110 g/mol. The fourth-order valence-corrected chi connectivity index (χ4v) is 0. The van der Waals surface area contributed by atoms with Crippen LogP contribution in [0, 0.1) is 0 Å². The monoisotopic (exact) mass is 110 g/mol. The average Bonchev–Trinajstić information content (AvgIpc) is 0.811. The van der Waals surface area contributed by atoms with E-state index in [4.69, 9.17) is 0 Å². The van der Waals surface area contributed by atoms with E-state index in [0.29, 0.717) is 0 Å². The van der Waals surface area contributed by atoms with Crippen LogP contribution in [0.3, 0.4) is 0 Å². The predicted molar refractivity (Wildman–Crippen MR) is 14.3 cm³/mol. The Morgan fingerprint density at radius 2 is 1.00 bits per heavy atom. The number of alkyl halides is 3. The van der Waals surface area contributed by atoms with Crippen LogP contribution in [-0.4, -0.2) is 58.1 Å². The minimum atomic E-state index is -3.67. The number of halogens is 3. The molecule has 28 valence electrons. The minimum absolute atomic E-state index is 0. The molecule has 0 aliphatic carbocycles. The fourth-order valence-electron chi connectivity index (χ4n) is 0. The molecule has 0 saturated carbocycles. The van der Waals surface area contributed by atoms with Gasteiger partial charge in [0.25, 0.3) is 0 Å². The van der Waals surface area contributed by atoms with Gasteiger partial charge >= 0.3 is 58.1 Å². The summed E-state index contributed by atoms with van der Waals surface area (Å²) in [6, 6.07) is 0. The van der Waals surface area contributed by atoms with Gasteiger partial charge in [0.2, 0.25) is 0 Å². The molecule has 0 saturated heterocycles. The van der Waals surface area contributed by atoms with Crippen LogP contribution in [0.5, 0.6) is 0 Å². The van der Waals surface area contributed by atoms with Gasteiger partial charge in [-0.05, 0) is 0 Å². The Labute approximate surface area is 70.2 Å². The summed E-state index contributed by atoms with van der Waals surface area (Å²) in [6.07, 6.45) is 0. The van der Waals surface area contributed by atoms with E-state index in [2.05, 4.69) is 0 Å². The van der Waals surface area contributed by atoms with Gasteiger partial charge in [-0.2, -0.15) is 13.2 Å². The van der Waals surface area contributed by atoms with Crippen molar-refractivity contribution in [3.05, 3.63) is 0 Å². The summed E-state index contributed by atoms with van der Waals surface area (Å²) in [5.74, 6) is 0. The van der Waals surface area contributed by atoms with E-state index in [1.165, 1.54) is 0 Å². The maximum absolute atomic E-state index is 9.67. The molecule has 0 unspecified atom stereocenters. The van der Waals surface area contributed by atoms with Gasteiger partial charge in [-0.15, -0.1) is 0 Å². The van der Waals surface area contributed by atoms with E-state index in [-0.39, 0.29) is 51.4 Å². The molecule has 5 heavy (non-hydrogen) atoms. The molecule has 4 heteroatoms. The summed E-state index contributed by atoms with van der Waals surface area (Å²) in [4.78, 5) is 0. The Hall–Kier alpha value is 1.43. The van der Waals surface area contributed by atoms with E-state index < -0.39 is 6.68 Å². The Morgan fingerprint density at radius 3 is 1.00 bits per heavy atom. The molecular weight excluding hydrogens is 108 g/mol. The van der Waals surface area contributed by atoms with Gasteiger partial charge in [-0.25, -0.2) is 0 Å². The third-order valence-corrected chi connectivity index (χ3v) is 0. The van der Waals surface area contributed by atoms with Gasteiger partial charge in [-0.3, -0.25) is 0 Å². The molecule has 0 aliphatic rings. The molecule has 0 aliphatic heterocycles. The molecule has 0 aromatic rings. The van der Waals surface area contributed by atoms with Crippen LogP contribution in [-0.2, 0) is 0 Å². The quantitative estimate of drug-likeness (QED) is 0.399. The van der Waals surface area contributed by atoms with Crippen molar-refractivity contribution < 1.29 is 13.2 Å². The fraction of sp³-hybridized carbons (Fsp3) is 1.00. The first-order valence-electron chi connectivity index (χ1n) is 0.655. The molecule has 0 radical (unpaired) electrons. The van der Waals surface area contributed by atoms with Crippen LogP contribution >= 0.6 is 0 Å². The molecule has 0 rings (SSSR count). The Kier molecular flexibility index (Phi) is 10.5. The van der Waals surface area contributed by atoms with Gasteiger partial charge in [0.05, 0.1) is 0 Å². The molecule has 0 N–H and O–H groups in total. The van der Waals surface area contributed by atoms with Crippen molar-refractivity contribution in [2.24, 2.45) is 0 Å². The molecule has 0 aromatic carbocycles. The summed E-state index contributed by atoms with van der Waals surface area (Å²) in [5, 5.41) is 0. The Morgan fingerprint density at radius 1 is 1.00 bits per heavy atom. The second-order valence-electron chi connectivity index (χ2n) is 0.247. The zero-order chi connectivity index (χ0) is 3.58. The van der Waals surface area contributed by atoms with Gasteiger partial charge in [0.1, 0.15) is 0 Å². The summed E-state index contributed by atoms with van der Waals surface area (Å²) >= 11 is 0. The maximum atomic E-state index is 9.67. The molecule has 0 spiro atoms. The van der Waals surface area contributed by atoms with E-state index >= 15 is 0 Å². The van der Waals surface area contributed by atoms with Crippen molar-refractivity contribution in [3.63, 3.8) is 0 Å². The summed E-state index contributed by atoms with van der Waals surface area (Å²) in [6.45, 7) is -3.67. The molecular formula is CH2F3K. The van der Waals surface area contributed by atoms with Crippen LogP contribution in [0.2, 0.25) is 0 Å². The first-order valence-corrected chi connectivity index (χ1v) is 0.655. The van der Waals surface area contributed by atoms with Crippen LogP contribution in [0.1, 0.15) is 0 Å². The summed E-state index contributed by atoms with van der Waals surface area (Å²) < 4.78 is 29.0. The number of hydrogen-bond donors (Lipinski definition) is 0. The third kappa shape index (κ3) is 31.3. The van der Waals surface area contributed by atoms with Crippen molar-refractivity contribution >= 4 is 51.4 Å². The predicted octanol–water partition coefficient (Wildman–Crippen LogP) is 0.530. The van der Waals surface area contributed by atoms with Crippen molar-refractivity contribution in [2.75, 3.05) is 0 Å². The van der Waals surface area contributed by atoms with Gasteiger partial charge in [0, 0.05) is 0 Å². The zero-order valence-electron chi connectivity index (χ0n) is 1.71. The van der Waals surface area contributed by atoms with Crippen LogP contribution in [0.4, 0.5) is 13.2 Å². The normalized spacial score (nSPS) is 7.20. The molecule has 0 heterocycles. The Bertz CT molecular complexity index is 11.6. The number of rotatable bonds is 0. The Balaban J connectivity index is 0. The van der Waals surface area contributed by atoms with E-state index in [0.717, 1.165) is 0 Å². The molecule has 0 amide bonds. The van der Waals surface area contributed by atoms with Crippen molar-refractivity contribution in [1.29, 1.82) is 0 Å². The first kappa shape index (κ1) is 9.66. The van der Waals surface area contributed by atoms with E-state index in [1.807, 2.05) is 0 Å². The van der Waals surface area contributed by atoms with E-state index in [9.17, 15) is 13.2 Å². The van der Waals surface area contributed by atoms with Crippen molar-refractivity contribution in [3.8, 4) is 0 Å². The van der Waals surface area contributed by atoms with Crippen LogP contribution in [0.25, 0.3) is 0 Å². The number of hydrogen-bond acceptors (Lipinski definition) is 0. The van der Waals surface area contributed by atoms with E-state index in [1.54, 1.807) is 0 Å². The molecule has 0 aromatic heterocycles. The van der Waals surface area contributed by atoms with Crippen LogP contribution in [0.15, 0.2) is 0 Å². The molecule has 0 fully saturated rings. The molecule has 0 nitrogen and oxygen atoms in total. The second-order valence-corrected chi connectivity index (χ2v) is 0.247. The van der Waals surface area contributed by atoms with Gasteiger partial charge in [-0.1, -0.05) is 0 Å². The second kappa shape index (κ2) is 5.43. The van der Waals surface area contributed by atoms with Crippen molar-refractivity contribution in [2.45, 2.75) is 6.68 Å². The van der Waals surface area contributed by atoms with Gasteiger partial charge in [0.15, 0.2) is 0 Å². The SMILES string of the molecule is FC(F)F.[KH]. The van der Waals surface area contributed by atoms with Crippen LogP contribution < -0.4 is 0 Å². The molecule has 0 atom stereocenters. The third-order valence-electron chi connectivity index (χ3n) is 0. The topological polar surface area (TPSA) is 0 Å². The zero-order valence-corrected chi connectivity index (χ0v) is 1.71. The summed E-state index contributed by atoms with van der Waals surface area (Å²) in [5.41, 5.74) is 0. The van der Waals surface area contributed by atoms with Crippen molar-refractivity contribution in [1.82, 2.24) is 0 Å². The van der Waals surface area contributed by atoms with Gasteiger partial charge < -0.3 is 0 Å². The standard InChI is InChI=1S/CHF3.K.H/c2-1(3)4;;/h1H;;. The summed E-state index contributed by atoms with van der Waals surface area (Å²) in [7, 11) is 0. The molecule has 0 bridgehead atoms. The first-order chi connectivity index (χ1) is 1.73.